The van der Waals surface area contributed by atoms with Gasteiger partial charge < -0.3 is 9.64 Å². The van der Waals surface area contributed by atoms with Crippen molar-refractivity contribution in [3.8, 4) is 0 Å². The molecule has 26 heavy (non-hydrogen) atoms. The molecule has 0 N–H and O–H groups in total. The van der Waals surface area contributed by atoms with Crippen molar-refractivity contribution >= 4 is 11.7 Å². The fourth-order valence-electron chi connectivity index (χ4n) is 4.23. The number of alkyl halides is 3. The zero-order chi connectivity index (χ0) is 19.1. The first kappa shape index (κ1) is 19.0. The molecule has 1 aromatic rings. The second-order valence-electron chi connectivity index (χ2n) is 8.35. The van der Waals surface area contributed by atoms with E-state index in [9.17, 15) is 18.0 Å². The van der Waals surface area contributed by atoms with Crippen LogP contribution in [0.3, 0.4) is 0 Å². The van der Waals surface area contributed by atoms with Crippen molar-refractivity contribution in [1.29, 1.82) is 0 Å². The average Bonchev–Trinajstić information content (AvgIpc) is 2.75. The van der Waals surface area contributed by atoms with Crippen LogP contribution in [0.15, 0.2) is 18.3 Å². The van der Waals surface area contributed by atoms with Crippen LogP contribution in [0.4, 0.5) is 18.9 Å². The number of aromatic nitrogens is 1. The molecule has 1 saturated carbocycles. The van der Waals surface area contributed by atoms with E-state index in [4.69, 9.17) is 4.74 Å². The summed E-state index contributed by atoms with van der Waals surface area (Å²) in [5.74, 6) is 0.689. The highest BCUT2D eigenvalue weighted by molar-refractivity contribution is 5.70. The molecule has 1 saturated heterocycles. The number of carbonyl (C=O) groups is 1. The predicted octanol–water partition coefficient (Wildman–Crippen LogP) is 4.29. The standard InChI is InChI=1S/C19H25F3N2O2/c1-18(2,3)26-17(25)9-15-12-4-5-13(15)11-24(10-12)14-6-7-23-16(8-14)19(20,21)22/h6-8,12-13,15H,4-5,9-11H2,1-3H3/t12-,13+,15?. The van der Waals surface area contributed by atoms with Crippen molar-refractivity contribution in [1.82, 2.24) is 4.98 Å². The molecule has 3 rings (SSSR count). The maximum absolute atomic E-state index is 12.9. The second-order valence-corrected chi connectivity index (χ2v) is 8.35. The lowest BCUT2D eigenvalue weighted by molar-refractivity contribution is -0.156. The fraction of sp³-hybridized carbons (Fsp3) is 0.684. The summed E-state index contributed by atoms with van der Waals surface area (Å²) in [5, 5.41) is 0. The van der Waals surface area contributed by atoms with E-state index in [0.29, 0.717) is 37.0 Å². The van der Waals surface area contributed by atoms with Crippen molar-refractivity contribution in [3.63, 3.8) is 0 Å². The normalized spacial score (nSPS) is 26.1. The van der Waals surface area contributed by atoms with Crippen molar-refractivity contribution in [3.05, 3.63) is 24.0 Å². The Kier molecular flexibility index (Phi) is 4.92. The number of rotatable bonds is 3. The van der Waals surface area contributed by atoms with Gasteiger partial charge in [0.2, 0.25) is 0 Å². The minimum Gasteiger partial charge on any atom is -0.460 e. The number of hydrogen-bond acceptors (Lipinski definition) is 4. The van der Waals surface area contributed by atoms with Gasteiger partial charge in [-0.25, -0.2) is 0 Å². The summed E-state index contributed by atoms with van der Waals surface area (Å²) < 4.78 is 44.2. The first-order valence-electron chi connectivity index (χ1n) is 9.03. The molecule has 0 radical (unpaired) electrons. The number of piperidine rings is 1. The van der Waals surface area contributed by atoms with Crippen molar-refractivity contribution in [2.24, 2.45) is 17.8 Å². The summed E-state index contributed by atoms with van der Waals surface area (Å²) in [6, 6.07) is 2.75. The molecule has 7 heteroatoms. The molecule has 1 unspecified atom stereocenters. The minimum atomic E-state index is -4.44. The number of hydrogen-bond donors (Lipinski definition) is 0. The number of halogens is 3. The van der Waals surface area contributed by atoms with E-state index in [0.717, 1.165) is 18.9 Å². The van der Waals surface area contributed by atoms with E-state index < -0.39 is 17.5 Å². The van der Waals surface area contributed by atoms with Crippen LogP contribution in [-0.4, -0.2) is 29.6 Å². The molecule has 4 nitrogen and oxygen atoms in total. The summed E-state index contributed by atoms with van der Waals surface area (Å²) >= 11 is 0. The lowest BCUT2D eigenvalue weighted by atomic mass is 9.82. The first-order valence-corrected chi connectivity index (χ1v) is 9.03. The average molecular weight is 370 g/mol. The smallest absolute Gasteiger partial charge is 0.433 e. The molecule has 3 atom stereocenters. The summed E-state index contributed by atoms with van der Waals surface area (Å²) in [6.07, 6.45) is -0.820. The van der Waals surface area contributed by atoms with Gasteiger partial charge in [0.15, 0.2) is 0 Å². The molecule has 2 bridgehead atoms. The van der Waals surface area contributed by atoms with Gasteiger partial charge in [0.05, 0.1) is 0 Å². The Balaban J connectivity index is 1.68. The van der Waals surface area contributed by atoms with E-state index in [1.54, 1.807) is 6.07 Å². The molecule has 1 aliphatic carbocycles. The summed E-state index contributed by atoms with van der Waals surface area (Å²) in [5.41, 5.74) is -0.805. The van der Waals surface area contributed by atoms with Crippen molar-refractivity contribution < 1.29 is 22.7 Å². The van der Waals surface area contributed by atoms with Gasteiger partial charge in [-0.15, -0.1) is 0 Å². The number of ether oxygens (including phenoxy) is 1. The summed E-state index contributed by atoms with van der Waals surface area (Å²) in [7, 11) is 0. The fourth-order valence-corrected chi connectivity index (χ4v) is 4.23. The van der Waals surface area contributed by atoms with Crippen molar-refractivity contribution in [2.45, 2.75) is 51.8 Å². The maximum atomic E-state index is 12.9. The Morgan fingerprint density at radius 3 is 2.38 bits per heavy atom. The number of carbonyl (C=O) groups excluding carboxylic acids is 1. The Morgan fingerprint density at radius 2 is 1.85 bits per heavy atom. The molecule has 1 aromatic heterocycles. The number of anilines is 1. The van der Waals surface area contributed by atoms with Crippen LogP contribution in [-0.2, 0) is 15.7 Å². The van der Waals surface area contributed by atoms with Gasteiger partial charge in [0.25, 0.3) is 0 Å². The summed E-state index contributed by atoms with van der Waals surface area (Å²) in [6.45, 7) is 6.90. The van der Waals surface area contributed by atoms with Gasteiger partial charge in [-0.3, -0.25) is 9.78 Å². The lowest BCUT2D eigenvalue weighted by Gasteiger charge is -2.39. The maximum Gasteiger partial charge on any atom is 0.433 e. The molecule has 0 aromatic carbocycles. The molecule has 2 aliphatic rings. The lowest BCUT2D eigenvalue weighted by Crippen LogP contribution is -2.43. The molecular weight excluding hydrogens is 345 g/mol. The Morgan fingerprint density at radius 1 is 1.23 bits per heavy atom. The number of nitrogens with zero attached hydrogens (tertiary/aromatic N) is 2. The zero-order valence-electron chi connectivity index (χ0n) is 15.3. The number of fused-ring (bicyclic) bond motifs is 2. The molecule has 2 heterocycles. The number of esters is 1. The van der Waals surface area contributed by atoms with Crippen LogP contribution >= 0.6 is 0 Å². The van der Waals surface area contributed by atoms with Gasteiger partial charge in [0, 0.05) is 31.4 Å². The molecule has 1 aliphatic heterocycles. The monoisotopic (exact) mass is 370 g/mol. The van der Waals surface area contributed by atoms with E-state index >= 15 is 0 Å². The molecular formula is C19H25F3N2O2. The number of pyridine rings is 1. The summed E-state index contributed by atoms with van der Waals surface area (Å²) in [4.78, 5) is 17.6. The molecule has 144 valence electrons. The van der Waals surface area contributed by atoms with E-state index in [2.05, 4.69) is 4.98 Å². The van der Waals surface area contributed by atoms with Gasteiger partial charge in [-0.05, 0) is 63.5 Å². The van der Waals surface area contributed by atoms with Crippen LogP contribution in [0.25, 0.3) is 0 Å². The predicted molar refractivity (Wildman–Crippen MR) is 91.6 cm³/mol. The molecule has 2 fully saturated rings. The quantitative estimate of drug-likeness (QED) is 0.744. The first-order chi connectivity index (χ1) is 12.0. The molecule has 0 amide bonds. The Hall–Kier alpha value is -1.79. The van der Waals surface area contributed by atoms with Gasteiger partial charge >= 0.3 is 12.1 Å². The highest BCUT2D eigenvalue weighted by Gasteiger charge is 2.43. The second kappa shape index (κ2) is 6.74. The molecule has 0 spiro atoms. The van der Waals surface area contributed by atoms with E-state index in [1.165, 1.54) is 6.20 Å². The van der Waals surface area contributed by atoms with Crippen molar-refractivity contribution in [2.75, 3.05) is 18.0 Å². The highest BCUT2D eigenvalue weighted by Crippen LogP contribution is 2.45. The highest BCUT2D eigenvalue weighted by atomic mass is 19.4. The van der Waals surface area contributed by atoms with Gasteiger partial charge in [-0.2, -0.15) is 13.2 Å². The van der Waals surface area contributed by atoms with Gasteiger partial charge in [-0.1, -0.05) is 0 Å². The van der Waals surface area contributed by atoms with E-state index in [-0.39, 0.29) is 11.9 Å². The topological polar surface area (TPSA) is 42.4 Å². The van der Waals surface area contributed by atoms with Crippen LogP contribution in [0.2, 0.25) is 0 Å². The van der Waals surface area contributed by atoms with E-state index in [1.807, 2.05) is 25.7 Å². The SMILES string of the molecule is CC(C)(C)OC(=O)CC1[C@@H]2CC[C@H]1CN(c1ccnc(C(F)(F)F)c1)C2. The van der Waals surface area contributed by atoms with Crippen LogP contribution < -0.4 is 4.90 Å². The third-order valence-corrected chi connectivity index (χ3v) is 5.25. The largest absolute Gasteiger partial charge is 0.460 e. The Labute approximate surface area is 151 Å². The zero-order valence-corrected chi connectivity index (χ0v) is 15.3. The third-order valence-electron chi connectivity index (χ3n) is 5.25. The Bertz CT molecular complexity index is 655. The van der Waals surface area contributed by atoms with Crippen LogP contribution in [0.1, 0.15) is 45.7 Å². The van der Waals surface area contributed by atoms with Gasteiger partial charge in [0.1, 0.15) is 11.3 Å². The van der Waals surface area contributed by atoms with Crippen LogP contribution in [0.5, 0.6) is 0 Å². The minimum absolute atomic E-state index is 0.184. The van der Waals surface area contributed by atoms with Crippen LogP contribution in [0, 0.1) is 17.8 Å². The third kappa shape index (κ3) is 4.30.